The molecule has 0 aromatic heterocycles. The van der Waals surface area contributed by atoms with Gasteiger partial charge in [0.05, 0.1) is 37.3 Å². The van der Waals surface area contributed by atoms with Crippen molar-refractivity contribution in [3.63, 3.8) is 0 Å². The van der Waals surface area contributed by atoms with Crippen LogP contribution in [0.15, 0.2) is 54.8 Å². The highest BCUT2D eigenvalue weighted by Crippen LogP contribution is 2.24. The zero-order valence-electron chi connectivity index (χ0n) is 18.8. The minimum Gasteiger partial charge on any atom is -0.391 e. The second-order valence-corrected chi connectivity index (χ2v) is 8.13. The fourth-order valence-electron chi connectivity index (χ4n) is 4.09. The predicted octanol–water partition coefficient (Wildman–Crippen LogP) is 3.26. The Morgan fingerprint density at radius 2 is 2.06 bits per heavy atom. The number of nitrogens with zero attached hydrogens (tertiary/aromatic N) is 2. The highest BCUT2D eigenvalue weighted by Gasteiger charge is 2.41. The number of carbonyl (C=O) groups excluding carboxylic acids is 1. The number of aliphatic hydroxyl groups is 2. The van der Waals surface area contributed by atoms with Gasteiger partial charge in [0, 0.05) is 18.7 Å². The molecule has 0 saturated carbocycles. The minimum atomic E-state index is -1.12. The summed E-state index contributed by atoms with van der Waals surface area (Å²) in [5.41, 5.74) is 1.86. The Morgan fingerprint density at radius 3 is 2.70 bits per heavy atom. The van der Waals surface area contributed by atoms with Crippen LogP contribution in [0.4, 0.5) is 4.39 Å². The van der Waals surface area contributed by atoms with E-state index in [1.54, 1.807) is 24.3 Å². The molecule has 2 rings (SSSR count). The first-order valence-electron chi connectivity index (χ1n) is 11.1. The van der Waals surface area contributed by atoms with Crippen LogP contribution in [0.2, 0.25) is 0 Å². The van der Waals surface area contributed by atoms with Gasteiger partial charge in [-0.15, -0.1) is 0 Å². The van der Waals surface area contributed by atoms with Gasteiger partial charge >= 0.3 is 0 Å². The van der Waals surface area contributed by atoms with E-state index in [1.165, 1.54) is 6.07 Å². The molecule has 0 unspecified atom stereocenters. The molecule has 0 bridgehead atoms. The first-order chi connectivity index (χ1) is 16.0. The lowest BCUT2D eigenvalue weighted by Gasteiger charge is -2.43. The van der Waals surface area contributed by atoms with E-state index in [9.17, 15) is 24.3 Å². The van der Waals surface area contributed by atoms with Crippen LogP contribution in [-0.4, -0.2) is 65.9 Å². The van der Waals surface area contributed by atoms with Crippen LogP contribution in [-0.2, 0) is 16.1 Å². The zero-order valence-corrected chi connectivity index (χ0v) is 18.8. The van der Waals surface area contributed by atoms with Crippen molar-refractivity contribution in [3.05, 3.63) is 71.4 Å². The molecule has 0 spiro atoms. The Balaban J connectivity index is 1.73. The second kappa shape index (κ2) is 13.9. The molecule has 4 atom stereocenters. The van der Waals surface area contributed by atoms with Gasteiger partial charge in [0.15, 0.2) is 0 Å². The number of likely N-dealkylation sites (tertiary alicyclic amines) is 1. The van der Waals surface area contributed by atoms with Gasteiger partial charge in [0.1, 0.15) is 12.1 Å². The third-order valence-corrected chi connectivity index (χ3v) is 5.91. The van der Waals surface area contributed by atoms with Gasteiger partial charge < -0.3 is 19.7 Å². The van der Waals surface area contributed by atoms with Crippen LogP contribution < -0.4 is 0 Å². The molecule has 1 aromatic carbocycles. The van der Waals surface area contributed by atoms with Crippen LogP contribution in [0.3, 0.4) is 0 Å². The average Bonchev–Trinajstić information content (AvgIpc) is 2.80. The number of nitroso groups, excluding NO2 is 1. The van der Waals surface area contributed by atoms with E-state index in [4.69, 9.17) is 4.74 Å². The number of hydrogen-bond acceptors (Lipinski definition) is 7. The third kappa shape index (κ3) is 7.50. The fourth-order valence-corrected chi connectivity index (χ4v) is 4.09. The molecular formula is C25H33FN2O5. The van der Waals surface area contributed by atoms with Gasteiger partial charge in [0.2, 0.25) is 0 Å². The molecule has 1 aliphatic rings. The summed E-state index contributed by atoms with van der Waals surface area (Å²) in [6.45, 7) is 8.78. The summed E-state index contributed by atoms with van der Waals surface area (Å²) in [6, 6.07) is 4.40. The van der Waals surface area contributed by atoms with Crippen LogP contribution in [0.25, 0.3) is 5.57 Å². The SMILES string of the molecule is C=C/C=C(\C=C)c1ccc(COCCCCCN2C[C@H](O)[C@@H](C=O)[C@H](O)[C@@H]2CN=O)cc1F. The van der Waals surface area contributed by atoms with E-state index in [0.29, 0.717) is 37.2 Å². The molecule has 180 valence electrons. The standard InChI is InChI=1S/C25H33FN2O5/c1-3-8-19(4-2)20-10-9-18(13-22(20)26)17-33-12-7-5-6-11-28-15-24(30)21(16-29)25(31)23(28)14-27-32/h3-4,8-10,13,16,21,23-25,30-31H,1-2,5-7,11-12,14-15,17H2/b19-8+/t21-,23+,24+,25+/m1/s1. The molecule has 8 heteroatoms. The first-order valence-corrected chi connectivity index (χ1v) is 11.1. The lowest BCUT2D eigenvalue weighted by Crippen LogP contribution is -2.60. The summed E-state index contributed by atoms with van der Waals surface area (Å²) >= 11 is 0. The van der Waals surface area contributed by atoms with Crippen molar-refractivity contribution in [3.8, 4) is 0 Å². The Labute approximate surface area is 194 Å². The first kappa shape index (κ1) is 26.7. The van der Waals surface area contributed by atoms with Crippen LogP contribution in [0.1, 0.15) is 30.4 Å². The fraction of sp³-hybridized carbons (Fsp3) is 0.480. The second-order valence-electron chi connectivity index (χ2n) is 8.13. The van der Waals surface area contributed by atoms with E-state index >= 15 is 0 Å². The van der Waals surface area contributed by atoms with Gasteiger partial charge in [-0.05, 0) is 43.0 Å². The zero-order chi connectivity index (χ0) is 24.2. The summed E-state index contributed by atoms with van der Waals surface area (Å²) in [5.74, 6) is -1.24. The predicted molar refractivity (Wildman–Crippen MR) is 126 cm³/mol. The Morgan fingerprint density at radius 1 is 1.27 bits per heavy atom. The van der Waals surface area contributed by atoms with Crippen LogP contribution in [0, 0.1) is 16.6 Å². The molecule has 1 aromatic rings. The summed E-state index contributed by atoms with van der Waals surface area (Å²) in [6.07, 6.45) is 5.72. The number of aldehydes is 1. The molecule has 1 heterocycles. The molecular weight excluding hydrogens is 427 g/mol. The summed E-state index contributed by atoms with van der Waals surface area (Å²) in [5, 5.41) is 23.3. The molecule has 2 N–H and O–H groups in total. The van der Waals surface area contributed by atoms with Crippen molar-refractivity contribution >= 4 is 11.9 Å². The monoisotopic (exact) mass is 460 g/mol. The highest BCUT2D eigenvalue weighted by atomic mass is 19.1. The average molecular weight is 461 g/mol. The molecule has 0 radical (unpaired) electrons. The van der Waals surface area contributed by atoms with Gasteiger partial charge in [-0.3, -0.25) is 4.90 Å². The molecule has 1 fully saturated rings. The highest BCUT2D eigenvalue weighted by molar-refractivity contribution is 5.75. The number of halogens is 1. The number of ether oxygens (including phenoxy) is 1. The Bertz CT molecular complexity index is 844. The van der Waals surface area contributed by atoms with Crippen molar-refractivity contribution in [2.45, 2.75) is 44.1 Å². The topological polar surface area (TPSA) is 99.4 Å². The van der Waals surface area contributed by atoms with Crippen molar-refractivity contribution < 1.29 is 24.1 Å². The van der Waals surface area contributed by atoms with Gasteiger partial charge in [0.25, 0.3) is 0 Å². The lowest BCUT2D eigenvalue weighted by atomic mass is 9.86. The van der Waals surface area contributed by atoms with Crippen molar-refractivity contribution in [1.29, 1.82) is 0 Å². The summed E-state index contributed by atoms with van der Waals surface area (Å²) < 4.78 is 20.0. The number of β-amino-alcohol motifs (C(OH)–C–C–N with tert-alkyl or cyclic N) is 1. The minimum absolute atomic E-state index is 0.131. The maximum Gasteiger partial charge on any atom is 0.131 e. The van der Waals surface area contributed by atoms with E-state index in [0.717, 1.165) is 24.8 Å². The van der Waals surface area contributed by atoms with Crippen LogP contribution >= 0.6 is 0 Å². The number of benzene rings is 1. The Kier molecular flexibility index (Phi) is 11.3. The van der Waals surface area contributed by atoms with Crippen molar-refractivity contribution in [1.82, 2.24) is 4.90 Å². The maximum atomic E-state index is 14.4. The molecule has 1 aliphatic heterocycles. The summed E-state index contributed by atoms with van der Waals surface area (Å²) in [7, 11) is 0. The number of unbranched alkanes of at least 4 members (excludes halogenated alkanes) is 2. The lowest BCUT2D eigenvalue weighted by molar-refractivity contribution is -0.132. The van der Waals surface area contributed by atoms with Gasteiger partial charge in [-0.2, -0.15) is 4.91 Å². The molecule has 0 aliphatic carbocycles. The largest absolute Gasteiger partial charge is 0.391 e. The number of aliphatic hydroxyl groups excluding tert-OH is 2. The molecule has 7 nitrogen and oxygen atoms in total. The quantitative estimate of drug-likeness (QED) is 0.191. The molecule has 0 amide bonds. The number of allylic oxidation sites excluding steroid dienone is 4. The molecule has 33 heavy (non-hydrogen) atoms. The third-order valence-electron chi connectivity index (χ3n) is 5.91. The normalized spacial score (nSPS) is 23.8. The van der Waals surface area contributed by atoms with E-state index in [1.807, 2.05) is 11.0 Å². The molecule has 1 saturated heterocycles. The Hall–Kier alpha value is -2.52. The number of piperidine rings is 1. The number of rotatable bonds is 14. The maximum absolute atomic E-state index is 14.4. The van der Waals surface area contributed by atoms with E-state index < -0.39 is 24.2 Å². The smallest absolute Gasteiger partial charge is 0.131 e. The number of hydrogen-bond donors (Lipinski definition) is 2. The van der Waals surface area contributed by atoms with Crippen LogP contribution in [0.5, 0.6) is 0 Å². The van der Waals surface area contributed by atoms with Gasteiger partial charge in [-0.25, -0.2) is 4.39 Å². The van der Waals surface area contributed by atoms with E-state index in [-0.39, 0.29) is 18.9 Å². The number of carbonyl (C=O) groups is 1. The van der Waals surface area contributed by atoms with E-state index in [2.05, 4.69) is 18.3 Å². The summed E-state index contributed by atoms with van der Waals surface area (Å²) in [4.78, 5) is 23.7. The van der Waals surface area contributed by atoms with Gasteiger partial charge in [-0.1, -0.05) is 48.7 Å². The van der Waals surface area contributed by atoms with Crippen molar-refractivity contribution in [2.24, 2.45) is 11.1 Å². The van der Waals surface area contributed by atoms with Crippen molar-refractivity contribution in [2.75, 3.05) is 26.2 Å².